The van der Waals surface area contributed by atoms with Gasteiger partial charge in [0.05, 0.1) is 5.39 Å². The third-order valence-corrected chi connectivity index (χ3v) is 4.90. The van der Waals surface area contributed by atoms with Crippen LogP contribution in [0.15, 0.2) is 29.1 Å². The normalized spacial score (nSPS) is 11.2. The van der Waals surface area contributed by atoms with E-state index in [9.17, 15) is 4.79 Å². The van der Waals surface area contributed by atoms with E-state index in [0.717, 1.165) is 26.2 Å². The van der Waals surface area contributed by atoms with Crippen molar-refractivity contribution in [3.8, 4) is 11.1 Å². The van der Waals surface area contributed by atoms with Gasteiger partial charge in [-0.25, -0.2) is 4.98 Å². The lowest BCUT2D eigenvalue weighted by Gasteiger charge is -2.02. The molecule has 0 fully saturated rings. The first kappa shape index (κ1) is 14.8. The molecule has 1 N–H and O–H groups in total. The van der Waals surface area contributed by atoms with E-state index in [0.29, 0.717) is 22.7 Å². The third-order valence-electron chi connectivity index (χ3n) is 3.25. The Morgan fingerprint density at radius 3 is 2.71 bits per heavy atom. The zero-order valence-electron chi connectivity index (χ0n) is 11.2. The molecule has 0 saturated carbocycles. The van der Waals surface area contributed by atoms with Gasteiger partial charge in [0, 0.05) is 27.2 Å². The SMILES string of the molecule is Cc1sc2nc(CCBr)[nH]c(=O)c2c1-c1ccc(Cl)cc1. The summed E-state index contributed by atoms with van der Waals surface area (Å²) >= 11 is 10.9. The fourth-order valence-corrected chi connectivity index (χ4v) is 3.90. The van der Waals surface area contributed by atoms with Gasteiger partial charge in [-0.1, -0.05) is 39.7 Å². The molecule has 0 amide bonds. The van der Waals surface area contributed by atoms with E-state index < -0.39 is 0 Å². The highest BCUT2D eigenvalue weighted by atomic mass is 79.9. The number of aryl methyl sites for hydroxylation is 2. The van der Waals surface area contributed by atoms with E-state index in [2.05, 4.69) is 25.9 Å². The number of alkyl halides is 1. The largest absolute Gasteiger partial charge is 0.310 e. The van der Waals surface area contributed by atoms with E-state index in [1.807, 2.05) is 31.2 Å². The quantitative estimate of drug-likeness (QED) is 0.674. The molecule has 2 aromatic heterocycles. The lowest BCUT2D eigenvalue weighted by Crippen LogP contribution is -2.11. The van der Waals surface area contributed by atoms with E-state index in [4.69, 9.17) is 11.6 Å². The number of aromatic amines is 1. The van der Waals surface area contributed by atoms with Gasteiger partial charge in [-0.05, 0) is 24.6 Å². The maximum Gasteiger partial charge on any atom is 0.260 e. The molecule has 0 aliphatic rings. The topological polar surface area (TPSA) is 45.8 Å². The Bertz CT molecular complexity index is 854. The second-order valence-corrected chi connectivity index (χ2v) is 7.10. The summed E-state index contributed by atoms with van der Waals surface area (Å²) in [6.45, 7) is 2.01. The summed E-state index contributed by atoms with van der Waals surface area (Å²) in [5, 5.41) is 2.12. The molecule has 0 bridgehead atoms. The monoisotopic (exact) mass is 382 g/mol. The van der Waals surface area contributed by atoms with Gasteiger partial charge in [-0.15, -0.1) is 11.3 Å². The Morgan fingerprint density at radius 2 is 2.05 bits per heavy atom. The van der Waals surface area contributed by atoms with Crippen LogP contribution in [-0.2, 0) is 6.42 Å². The number of rotatable bonds is 3. The molecule has 0 radical (unpaired) electrons. The van der Waals surface area contributed by atoms with Gasteiger partial charge in [0.1, 0.15) is 10.7 Å². The molecular weight excluding hydrogens is 372 g/mol. The van der Waals surface area contributed by atoms with E-state index in [1.54, 1.807) is 11.3 Å². The summed E-state index contributed by atoms with van der Waals surface area (Å²) in [4.78, 5) is 21.7. The molecule has 3 aromatic rings. The average molecular weight is 384 g/mol. The Morgan fingerprint density at radius 1 is 1.33 bits per heavy atom. The number of thiophene rings is 1. The van der Waals surface area contributed by atoms with Crippen LogP contribution in [0.3, 0.4) is 0 Å². The molecule has 0 unspecified atom stereocenters. The minimum atomic E-state index is -0.0785. The summed E-state index contributed by atoms with van der Waals surface area (Å²) < 4.78 is 0. The highest BCUT2D eigenvalue weighted by molar-refractivity contribution is 9.09. The minimum Gasteiger partial charge on any atom is -0.310 e. The summed E-state index contributed by atoms with van der Waals surface area (Å²) in [6, 6.07) is 7.53. The highest BCUT2D eigenvalue weighted by Gasteiger charge is 2.16. The predicted octanol–water partition coefficient (Wildman–Crippen LogP) is 4.55. The van der Waals surface area contributed by atoms with Crippen molar-refractivity contribution in [2.45, 2.75) is 13.3 Å². The van der Waals surface area contributed by atoms with Gasteiger partial charge in [-0.3, -0.25) is 4.79 Å². The second-order valence-electron chi connectivity index (χ2n) is 4.67. The smallest absolute Gasteiger partial charge is 0.260 e. The number of hydrogen-bond acceptors (Lipinski definition) is 3. The molecule has 108 valence electrons. The van der Waals surface area contributed by atoms with Crippen LogP contribution < -0.4 is 5.56 Å². The fraction of sp³-hybridized carbons (Fsp3) is 0.200. The summed E-state index contributed by atoms with van der Waals surface area (Å²) in [5.41, 5.74) is 1.86. The Kier molecular flexibility index (Phi) is 4.15. The molecule has 3 nitrogen and oxygen atoms in total. The first-order chi connectivity index (χ1) is 10.1. The summed E-state index contributed by atoms with van der Waals surface area (Å²) in [6.07, 6.45) is 0.707. The van der Waals surface area contributed by atoms with E-state index >= 15 is 0 Å². The molecule has 6 heteroatoms. The molecule has 0 saturated heterocycles. The lowest BCUT2D eigenvalue weighted by atomic mass is 10.0. The zero-order valence-corrected chi connectivity index (χ0v) is 14.4. The van der Waals surface area contributed by atoms with Crippen molar-refractivity contribution in [1.29, 1.82) is 0 Å². The van der Waals surface area contributed by atoms with Gasteiger partial charge in [-0.2, -0.15) is 0 Å². The first-order valence-electron chi connectivity index (χ1n) is 6.44. The molecule has 3 rings (SSSR count). The summed E-state index contributed by atoms with van der Waals surface area (Å²) in [7, 11) is 0. The van der Waals surface area contributed by atoms with Gasteiger partial charge >= 0.3 is 0 Å². The molecule has 0 aliphatic carbocycles. The number of aromatic nitrogens is 2. The molecule has 0 spiro atoms. The predicted molar refractivity (Wildman–Crippen MR) is 92.9 cm³/mol. The van der Waals surface area contributed by atoms with Crippen LogP contribution in [0.2, 0.25) is 5.02 Å². The molecule has 0 aliphatic heterocycles. The van der Waals surface area contributed by atoms with Crippen LogP contribution in [-0.4, -0.2) is 15.3 Å². The number of fused-ring (bicyclic) bond motifs is 1. The third kappa shape index (κ3) is 2.78. The van der Waals surface area contributed by atoms with Gasteiger partial charge in [0.25, 0.3) is 5.56 Å². The van der Waals surface area contributed by atoms with Crippen molar-refractivity contribution >= 4 is 49.1 Å². The maximum absolute atomic E-state index is 12.4. The molecule has 0 atom stereocenters. The number of nitrogens with one attached hydrogen (secondary N) is 1. The van der Waals surface area contributed by atoms with Crippen molar-refractivity contribution in [2.75, 3.05) is 5.33 Å². The summed E-state index contributed by atoms with van der Waals surface area (Å²) in [5.74, 6) is 0.716. The second kappa shape index (κ2) is 5.91. The first-order valence-corrected chi connectivity index (χ1v) is 8.76. The zero-order chi connectivity index (χ0) is 15.0. The van der Waals surface area contributed by atoms with Crippen LogP contribution >= 0.6 is 38.9 Å². The van der Waals surface area contributed by atoms with Crippen molar-refractivity contribution in [2.24, 2.45) is 0 Å². The van der Waals surface area contributed by atoms with Crippen molar-refractivity contribution in [1.82, 2.24) is 9.97 Å². The van der Waals surface area contributed by atoms with Gasteiger partial charge in [0.2, 0.25) is 0 Å². The van der Waals surface area contributed by atoms with Crippen molar-refractivity contribution < 1.29 is 0 Å². The van der Waals surface area contributed by atoms with Crippen molar-refractivity contribution in [3.63, 3.8) is 0 Å². The van der Waals surface area contributed by atoms with Crippen LogP contribution in [0, 0.1) is 6.92 Å². The standard InChI is InChI=1S/C15H12BrClN2OS/c1-8-12(9-2-4-10(17)5-3-9)13-14(20)18-11(6-7-16)19-15(13)21-8/h2-5H,6-7H2,1H3,(H,18,19,20). The minimum absolute atomic E-state index is 0.0785. The number of H-pyrrole nitrogens is 1. The van der Waals surface area contributed by atoms with Gasteiger partial charge < -0.3 is 4.98 Å². The number of hydrogen-bond donors (Lipinski definition) is 1. The Labute approximate surface area is 139 Å². The molecule has 21 heavy (non-hydrogen) atoms. The number of benzene rings is 1. The average Bonchev–Trinajstić information content (AvgIpc) is 2.77. The molecular formula is C15H12BrClN2OS. The maximum atomic E-state index is 12.4. The Hall–Kier alpha value is -1.17. The van der Waals surface area contributed by atoms with Crippen LogP contribution in [0.1, 0.15) is 10.7 Å². The van der Waals surface area contributed by atoms with Crippen LogP contribution in [0.4, 0.5) is 0 Å². The Balaban J connectivity index is 2.26. The van der Waals surface area contributed by atoms with Crippen LogP contribution in [0.25, 0.3) is 21.3 Å². The highest BCUT2D eigenvalue weighted by Crippen LogP contribution is 2.35. The number of halogens is 2. The van der Waals surface area contributed by atoms with Gasteiger partial charge in [0.15, 0.2) is 0 Å². The number of nitrogens with zero attached hydrogens (tertiary/aromatic N) is 1. The van der Waals surface area contributed by atoms with Crippen LogP contribution in [0.5, 0.6) is 0 Å². The van der Waals surface area contributed by atoms with E-state index in [-0.39, 0.29) is 5.56 Å². The molecule has 1 aromatic carbocycles. The van der Waals surface area contributed by atoms with Crippen molar-refractivity contribution in [3.05, 3.63) is 50.3 Å². The molecule has 2 heterocycles. The lowest BCUT2D eigenvalue weighted by molar-refractivity contribution is 0.960. The van der Waals surface area contributed by atoms with E-state index in [1.165, 1.54) is 0 Å². The fourth-order valence-electron chi connectivity index (χ4n) is 2.34.